The topological polar surface area (TPSA) is 120 Å². The van der Waals surface area contributed by atoms with E-state index >= 15 is 0 Å². The van der Waals surface area contributed by atoms with Crippen LogP contribution in [0, 0.1) is 5.41 Å². The van der Waals surface area contributed by atoms with Gasteiger partial charge in [-0.15, -0.1) is 0 Å². The van der Waals surface area contributed by atoms with Gasteiger partial charge < -0.3 is 26.2 Å². The fraction of sp³-hybridized carbons (Fsp3) is 0.667. The maximum atomic E-state index is 13.3. The highest BCUT2D eigenvalue weighted by molar-refractivity contribution is 5.84. The third-order valence-corrected chi connectivity index (χ3v) is 7.42. The van der Waals surface area contributed by atoms with E-state index < -0.39 is 5.54 Å². The highest BCUT2D eigenvalue weighted by Gasteiger charge is 2.39. The molecule has 2 aliphatic rings. The van der Waals surface area contributed by atoms with Crippen molar-refractivity contribution in [1.82, 2.24) is 26.2 Å². The number of hydrogen-bond acceptors (Lipinski definition) is 5. The molecule has 0 aromatic heterocycles. The molecule has 1 fully saturated rings. The van der Waals surface area contributed by atoms with E-state index in [1.807, 2.05) is 63.8 Å². The molecular weight excluding hydrogens is 494 g/mol. The van der Waals surface area contributed by atoms with Gasteiger partial charge in [-0.3, -0.25) is 19.2 Å². The number of carbonyl (C=O) groups is 4. The average molecular weight is 542 g/mol. The van der Waals surface area contributed by atoms with Crippen molar-refractivity contribution in [3.63, 3.8) is 0 Å². The number of fused-ring (bicyclic) bond motifs is 1. The first-order chi connectivity index (χ1) is 18.4. The van der Waals surface area contributed by atoms with Gasteiger partial charge in [-0.25, -0.2) is 0 Å². The minimum atomic E-state index is -0.707. The Labute approximate surface area is 233 Å². The van der Waals surface area contributed by atoms with Crippen LogP contribution in [-0.2, 0) is 32.1 Å². The van der Waals surface area contributed by atoms with E-state index in [-0.39, 0.29) is 54.0 Å². The second kappa shape index (κ2) is 13.4. The molecule has 2 heterocycles. The maximum Gasteiger partial charge on any atom is 0.237 e. The molecule has 1 aromatic carbocycles. The molecule has 0 saturated carbocycles. The second-order valence-electron chi connectivity index (χ2n) is 12.7. The third kappa shape index (κ3) is 9.64. The molecule has 0 radical (unpaired) electrons. The zero-order chi connectivity index (χ0) is 28.6. The van der Waals surface area contributed by atoms with Crippen LogP contribution in [0.4, 0.5) is 0 Å². The summed E-state index contributed by atoms with van der Waals surface area (Å²) in [6.45, 7) is 12.0. The number of hydrogen-bond donors (Lipinski definition) is 4. The standard InChI is InChI=1S/C30H47N5O4/c1-21(2)33-24-11-8-14-31-26(37)18-30(12-15-35(16-13-30)27(38)19-29(3,4)5)34-25(36)17-22-9-6-7-10-23(22)20-32-28(24)39/h6-7,9-10,21,24,33H,8,11-20H2,1-5H3,(H,31,37)(H,32,39)(H,34,36)/t24-/m0/s1. The number of nitrogens with one attached hydrogen (secondary N) is 4. The molecule has 4 amide bonds. The number of carbonyl (C=O) groups excluding carboxylic acids is 4. The summed E-state index contributed by atoms with van der Waals surface area (Å²) in [7, 11) is 0. The van der Waals surface area contributed by atoms with Gasteiger partial charge in [0, 0.05) is 45.1 Å². The van der Waals surface area contributed by atoms with Crippen LogP contribution in [0.25, 0.3) is 0 Å². The zero-order valence-corrected chi connectivity index (χ0v) is 24.3. The zero-order valence-electron chi connectivity index (χ0n) is 24.3. The molecular formula is C30H47N5O4. The summed E-state index contributed by atoms with van der Waals surface area (Å²) in [5, 5.41) is 12.5. The van der Waals surface area contributed by atoms with Crippen molar-refractivity contribution < 1.29 is 19.2 Å². The van der Waals surface area contributed by atoms with E-state index in [1.165, 1.54) is 0 Å². The van der Waals surface area contributed by atoms with Crippen molar-refractivity contribution in [3.8, 4) is 0 Å². The van der Waals surface area contributed by atoms with Crippen molar-refractivity contribution >= 4 is 23.6 Å². The van der Waals surface area contributed by atoms with Gasteiger partial charge in [-0.1, -0.05) is 58.9 Å². The van der Waals surface area contributed by atoms with Gasteiger partial charge >= 0.3 is 0 Å². The van der Waals surface area contributed by atoms with Gasteiger partial charge in [0.2, 0.25) is 23.6 Å². The Morgan fingerprint density at radius 3 is 2.36 bits per heavy atom. The first-order valence-electron chi connectivity index (χ1n) is 14.3. The minimum Gasteiger partial charge on any atom is -0.356 e. The van der Waals surface area contributed by atoms with Crippen LogP contribution < -0.4 is 21.3 Å². The predicted molar refractivity (Wildman–Crippen MR) is 152 cm³/mol. The Balaban J connectivity index is 1.79. The van der Waals surface area contributed by atoms with Gasteiger partial charge in [-0.2, -0.15) is 0 Å². The van der Waals surface area contributed by atoms with Crippen LogP contribution in [0.1, 0.15) is 84.3 Å². The van der Waals surface area contributed by atoms with Crippen molar-refractivity contribution in [2.75, 3.05) is 19.6 Å². The van der Waals surface area contributed by atoms with E-state index in [0.717, 1.165) is 11.1 Å². The normalized spacial score (nSPS) is 21.6. The molecule has 2 aliphatic heterocycles. The van der Waals surface area contributed by atoms with E-state index in [9.17, 15) is 19.2 Å². The predicted octanol–water partition coefficient (Wildman–Crippen LogP) is 2.43. The first-order valence-corrected chi connectivity index (χ1v) is 14.3. The molecule has 9 heteroatoms. The van der Waals surface area contributed by atoms with Crippen LogP contribution in [0.5, 0.6) is 0 Å². The lowest BCUT2D eigenvalue weighted by Gasteiger charge is -2.42. The van der Waals surface area contributed by atoms with Gasteiger partial charge in [0.25, 0.3) is 0 Å². The molecule has 216 valence electrons. The largest absolute Gasteiger partial charge is 0.356 e. The summed E-state index contributed by atoms with van der Waals surface area (Å²) < 4.78 is 0. The van der Waals surface area contributed by atoms with E-state index in [0.29, 0.717) is 58.3 Å². The smallest absolute Gasteiger partial charge is 0.237 e. The van der Waals surface area contributed by atoms with E-state index in [4.69, 9.17) is 0 Å². The number of amides is 4. The Morgan fingerprint density at radius 1 is 1.05 bits per heavy atom. The molecule has 0 bridgehead atoms. The summed E-state index contributed by atoms with van der Waals surface area (Å²) in [5.41, 5.74) is 0.930. The molecule has 1 saturated heterocycles. The maximum absolute atomic E-state index is 13.3. The number of piperidine rings is 1. The fourth-order valence-corrected chi connectivity index (χ4v) is 5.41. The van der Waals surface area contributed by atoms with Crippen LogP contribution in [0.3, 0.4) is 0 Å². The monoisotopic (exact) mass is 541 g/mol. The van der Waals surface area contributed by atoms with Crippen molar-refractivity contribution in [2.24, 2.45) is 5.41 Å². The van der Waals surface area contributed by atoms with Crippen molar-refractivity contribution in [2.45, 2.75) is 104 Å². The average Bonchev–Trinajstić information content (AvgIpc) is 2.83. The van der Waals surface area contributed by atoms with Crippen molar-refractivity contribution in [3.05, 3.63) is 35.4 Å². The molecule has 9 nitrogen and oxygen atoms in total. The lowest BCUT2D eigenvalue weighted by molar-refractivity contribution is -0.135. The Bertz CT molecular complexity index is 1020. The quantitative estimate of drug-likeness (QED) is 0.469. The van der Waals surface area contributed by atoms with Crippen molar-refractivity contribution in [1.29, 1.82) is 0 Å². The Hall–Kier alpha value is -2.94. The number of nitrogens with zero attached hydrogens (tertiary/aromatic N) is 1. The summed E-state index contributed by atoms with van der Waals surface area (Å²) in [6.07, 6.45) is 3.08. The van der Waals surface area contributed by atoms with Gasteiger partial charge in [0.15, 0.2) is 0 Å². The van der Waals surface area contributed by atoms with Crippen LogP contribution in [0.15, 0.2) is 24.3 Å². The highest BCUT2D eigenvalue weighted by Crippen LogP contribution is 2.29. The number of benzene rings is 1. The molecule has 1 aromatic rings. The second-order valence-corrected chi connectivity index (χ2v) is 12.7. The third-order valence-electron chi connectivity index (χ3n) is 7.42. The summed E-state index contributed by atoms with van der Waals surface area (Å²) in [6, 6.07) is 7.39. The Morgan fingerprint density at radius 2 is 1.72 bits per heavy atom. The van der Waals surface area contributed by atoms with Gasteiger partial charge in [0.05, 0.1) is 18.0 Å². The van der Waals surface area contributed by atoms with E-state index in [2.05, 4.69) is 21.3 Å². The lowest BCUT2D eigenvalue weighted by Crippen LogP contribution is -2.58. The SMILES string of the molecule is CC(C)N[C@H]1CCCNC(=O)CC2(CCN(C(=O)CC(C)(C)C)CC2)NC(=O)Cc2ccccc2CNC1=O. The van der Waals surface area contributed by atoms with E-state index in [1.54, 1.807) is 0 Å². The minimum absolute atomic E-state index is 0.0897. The van der Waals surface area contributed by atoms with Crippen LogP contribution in [-0.4, -0.2) is 65.8 Å². The molecule has 3 rings (SSSR count). The van der Waals surface area contributed by atoms with Gasteiger partial charge in [-0.05, 0) is 42.2 Å². The lowest BCUT2D eigenvalue weighted by atomic mass is 9.82. The summed E-state index contributed by atoms with van der Waals surface area (Å²) >= 11 is 0. The molecule has 4 N–H and O–H groups in total. The number of likely N-dealkylation sites (tertiary alicyclic amines) is 1. The number of rotatable bonds is 3. The van der Waals surface area contributed by atoms with Crippen LogP contribution in [0.2, 0.25) is 0 Å². The Kier molecular flexibility index (Phi) is 10.5. The molecule has 0 aliphatic carbocycles. The summed E-state index contributed by atoms with van der Waals surface area (Å²) in [4.78, 5) is 54.0. The fourth-order valence-electron chi connectivity index (χ4n) is 5.41. The summed E-state index contributed by atoms with van der Waals surface area (Å²) in [5.74, 6) is -0.271. The molecule has 1 spiro atoms. The van der Waals surface area contributed by atoms with Crippen LogP contribution >= 0.6 is 0 Å². The first kappa shape index (κ1) is 30.6. The molecule has 0 unspecified atom stereocenters. The van der Waals surface area contributed by atoms with Gasteiger partial charge in [0.1, 0.15) is 0 Å². The highest BCUT2D eigenvalue weighted by atomic mass is 16.2. The molecule has 1 atom stereocenters. The molecule has 39 heavy (non-hydrogen) atoms.